The molecule has 0 aliphatic carbocycles. The highest BCUT2D eigenvalue weighted by Crippen LogP contribution is 2.22. The molecule has 1 aliphatic rings. The Hall–Kier alpha value is -3.15. The lowest BCUT2D eigenvalue weighted by atomic mass is 10.2. The first kappa shape index (κ1) is 17.7. The van der Waals surface area contributed by atoms with Crippen LogP contribution in [0, 0.1) is 0 Å². The highest BCUT2D eigenvalue weighted by Gasteiger charge is 2.23. The van der Waals surface area contributed by atoms with Crippen molar-refractivity contribution >= 4 is 29.2 Å². The molecule has 2 aromatic carbocycles. The Morgan fingerprint density at radius 2 is 1.88 bits per heavy atom. The van der Waals surface area contributed by atoms with E-state index in [9.17, 15) is 14.4 Å². The van der Waals surface area contributed by atoms with Crippen LogP contribution >= 0.6 is 0 Å². The maximum absolute atomic E-state index is 12.4. The SMILES string of the molecule is C[C@H](OC(=O)c1cccc(N2CCCC2=O)c1)C(=O)Nc1ccccc1. The number of nitrogens with one attached hydrogen (secondary N) is 1. The van der Waals surface area contributed by atoms with E-state index in [2.05, 4.69) is 5.32 Å². The number of carbonyl (C=O) groups is 3. The Morgan fingerprint density at radius 1 is 1.12 bits per heavy atom. The number of carbonyl (C=O) groups excluding carboxylic acids is 3. The number of esters is 1. The summed E-state index contributed by atoms with van der Waals surface area (Å²) in [5, 5.41) is 2.69. The topological polar surface area (TPSA) is 75.7 Å². The van der Waals surface area contributed by atoms with Crippen LogP contribution in [0.5, 0.6) is 0 Å². The van der Waals surface area contributed by atoms with E-state index in [1.165, 1.54) is 6.92 Å². The van der Waals surface area contributed by atoms with Crippen molar-refractivity contribution in [1.82, 2.24) is 0 Å². The van der Waals surface area contributed by atoms with Crippen molar-refractivity contribution in [2.24, 2.45) is 0 Å². The van der Waals surface area contributed by atoms with Crippen LogP contribution in [0.2, 0.25) is 0 Å². The smallest absolute Gasteiger partial charge is 0.338 e. The molecule has 1 heterocycles. The molecule has 134 valence electrons. The van der Waals surface area contributed by atoms with Gasteiger partial charge in [-0.3, -0.25) is 9.59 Å². The molecule has 2 aromatic rings. The van der Waals surface area contributed by atoms with Gasteiger partial charge in [0.1, 0.15) is 0 Å². The fourth-order valence-corrected chi connectivity index (χ4v) is 2.77. The minimum absolute atomic E-state index is 0.0473. The van der Waals surface area contributed by atoms with E-state index in [4.69, 9.17) is 4.74 Å². The van der Waals surface area contributed by atoms with Gasteiger partial charge in [0.25, 0.3) is 5.91 Å². The number of benzene rings is 2. The van der Waals surface area contributed by atoms with Gasteiger partial charge >= 0.3 is 5.97 Å². The molecule has 3 rings (SSSR count). The molecule has 1 aliphatic heterocycles. The zero-order chi connectivity index (χ0) is 18.5. The van der Waals surface area contributed by atoms with Crippen molar-refractivity contribution in [3.8, 4) is 0 Å². The van der Waals surface area contributed by atoms with Crippen molar-refractivity contribution in [2.45, 2.75) is 25.9 Å². The number of rotatable bonds is 5. The van der Waals surface area contributed by atoms with E-state index in [0.717, 1.165) is 6.42 Å². The highest BCUT2D eigenvalue weighted by atomic mass is 16.5. The van der Waals surface area contributed by atoms with Gasteiger partial charge < -0.3 is 15.0 Å². The molecule has 1 saturated heterocycles. The van der Waals surface area contributed by atoms with Crippen LogP contribution in [-0.4, -0.2) is 30.4 Å². The zero-order valence-electron chi connectivity index (χ0n) is 14.5. The predicted molar refractivity (Wildman–Crippen MR) is 98.0 cm³/mol. The summed E-state index contributed by atoms with van der Waals surface area (Å²) in [6.45, 7) is 2.16. The Balaban J connectivity index is 1.64. The van der Waals surface area contributed by atoms with Crippen LogP contribution < -0.4 is 10.2 Å². The third kappa shape index (κ3) is 4.08. The summed E-state index contributed by atoms with van der Waals surface area (Å²) in [6.07, 6.45) is 0.384. The third-order valence-electron chi connectivity index (χ3n) is 4.16. The molecule has 6 heteroatoms. The molecular weight excluding hydrogens is 332 g/mol. The lowest BCUT2D eigenvalue weighted by Crippen LogP contribution is -2.30. The van der Waals surface area contributed by atoms with Crippen molar-refractivity contribution in [2.75, 3.05) is 16.8 Å². The quantitative estimate of drug-likeness (QED) is 0.840. The van der Waals surface area contributed by atoms with Crippen molar-refractivity contribution < 1.29 is 19.1 Å². The van der Waals surface area contributed by atoms with Gasteiger partial charge in [0.05, 0.1) is 5.56 Å². The fourth-order valence-electron chi connectivity index (χ4n) is 2.77. The molecule has 1 N–H and O–H groups in total. The number of amides is 2. The largest absolute Gasteiger partial charge is 0.449 e. The van der Waals surface area contributed by atoms with Crippen LogP contribution in [0.3, 0.4) is 0 Å². The van der Waals surface area contributed by atoms with Gasteiger partial charge in [-0.2, -0.15) is 0 Å². The molecule has 6 nitrogen and oxygen atoms in total. The van der Waals surface area contributed by atoms with Crippen LogP contribution in [-0.2, 0) is 14.3 Å². The average Bonchev–Trinajstić information content (AvgIpc) is 3.08. The normalized spacial score (nSPS) is 14.8. The third-order valence-corrected chi connectivity index (χ3v) is 4.16. The molecule has 1 fully saturated rings. The van der Waals surface area contributed by atoms with Gasteiger partial charge in [0.15, 0.2) is 6.10 Å². The van der Waals surface area contributed by atoms with Crippen molar-refractivity contribution in [3.05, 3.63) is 60.2 Å². The van der Waals surface area contributed by atoms with Gasteiger partial charge in [-0.1, -0.05) is 24.3 Å². The first-order valence-corrected chi connectivity index (χ1v) is 8.52. The van der Waals surface area contributed by atoms with Crippen molar-refractivity contribution in [3.63, 3.8) is 0 Å². The van der Waals surface area contributed by atoms with Gasteiger partial charge in [-0.05, 0) is 43.7 Å². The van der Waals surface area contributed by atoms with Crippen LogP contribution in [0.25, 0.3) is 0 Å². The molecule has 0 saturated carbocycles. The zero-order valence-corrected chi connectivity index (χ0v) is 14.5. The second kappa shape index (κ2) is 7.82. The Morgan fingerprint density at radius 3 is 2.58 bits per heavy atom. The molecule has 0 aromatic heterocycles. The minimum atomic E-state index is -0.945. The van der Waals surface area contributed by atoms with E-state index < -0.39 is 18.0 Å². The second-order valence-corrected chi connectivity index (χ2v) is 6.10. The summed E-state index contributed by atoms with van der Waals surface area (Å²) in [4.78, 5) is 38.0. The first-order valence-electron chi connectivity index (χ1n) is 8.52. The fraction of sp³-hybridized carbons (Fsp3) is 0.250. The summed E-state index contributed by atoms with van der Waals surface area (Å²) in [7, 11) is 0. The number of nitrogens with zero attached hydrogens (tertiary/aromatic N) is 1. The maximum Gasteiger partial charge on any atom is 0.338 e. The van der Waals surface area contributed by atoms with E-state index in [1.54, 1.807) is 53.4 Å². The molecule has 2 amide bonds. The lowest BCUT2D eigenvalue weighted by molar-refractivity contribution is -0.123. The second-order valence-electron chi connectivity index (χ2n) is 6.10. The molecule has 0 unspecified atom stereocenters. The average molecular weight is 352 g/mol. The Labute approximate surface area is 151 Å². The molecular formula is C20H20N2O4. The van der Waals surface area contributed by atoms with E-state index >= 15 is 0 Å². The summed E-state index contributed by atoms with van der Waals surface area (Å²) in [5.74, 6) is -0.962. The van der Waals surface area contributed by atoms with Gasteiger partial charge in [0, 0.05) is 24.3 Å². The monoisotopic (exact) mass is 352 g/mol. The minimum Gasteiger partial charge on any atom is -0.449 e. The van der Waals surface area contributed by atoms with Crippen LogP contribution in [0.4, 0.5) is 11.4 Å². The Bertz CT molecular complexity index is 820. The summed E-state index contributed by atoms with van der Waals surface area (Å²) >= 11 is 0. The summed E-state index contributed by atoms with van der Waals surface area (Å²) < 4.78 is 5.26. The van der Waals surface area contributed by atoms with Gasteiger partial charge in [-0.15, -0.1) is 0 Å². The number of hydrogen-bond acceptors (Lipinski definition) is 4. The first-order chi connectivity index (χ1) is 12.5. The molecule has 0 spiro atoms. The number of para-hydroxylation sites is 1. The summed E-state index contributed by atoms with van der Waals surface area (Å²) in [5.41, 5.74) is 1.61. The standard InChI is InChI=1S/C20H20N2O4/c1-14(19(24)21-16-8-3-2-4-9-16)26-20(25)15-7-5-10-17(13-15)22-12-6-11-18(22)23/h2-5,7-10,13-14H,6,11-12H2,1H3,(H,21,24)/t14-/m0/s1. The van der Waals surface area contributed by atoms with E-state index in [-0.39, 0.29) is 5.91 Å². The highest BCUT2D eigenvalue weighted by molar-refractivity contribution is 5.99. The van der Waals surface area contributed by atoms with E-state index in [1.807, 2.05) is 6.07 Å². The number of anilines is 2. The number of ether oxygens (including phenoxy) is 1. The number of hydrogen-bond donors (Lipinski definition) is 1. The van der Waals surface area contributed by atoms with Gasteiger partial charge in [-0.25, -0.2) is 4.79 Å². The molecule has 1 atom stereocenters. The van der Waals surface area contributed by atoms with Crippen molar-refractivity contribution in [1.29, 1.82) is 0 Å². The molecule has 0 radical (unpaired) electrons. The summed E-state index contributed by atoms with van der Waals surface area (Å²) in [6, 6.07) is 15.7. The maximum atomic E-state index is 12.4. The Kier molecular flexibility index (Phi) is 5.31. The molecule has 26 heavy (non-hydrogen) atoms. The predicted octanol–water partition coefficient (Wildman–Crippen LogP) is 3.00. The van der Waals surface area contributed by atoms with Crippen LogP contribution in [0.1, 0.15) is 30.1 Å². The van der Waals surface area contributed by atoms with E-state index in [0.29, 0.717) is 29.9 Å². The van der Waals surface area contributed by atoms with Gasteiger partial charge in [0.2, 0.25) is 5.91 Å². The molecule has 0 bridgehead atoms. The van der Waals surface area contributed by atoms with Crippen LogP contribution in [0.15, 0.2) is 54.6 Å². The lowest BCUT2D eigenvalue weighted by Gasteiger charge is -2.17.